The van der Waals surface area contributed by atoms with Crippen molar-refractivity contribution in [1.29, 1.82) is 0 Å². The first-order valence-corrected chi connectivity index (χ1v) is 11.6. The van der Waals surface area contributed by atoms with Gasteiger partial charge in [-0.3, -0.25) is 24.8 Å². The number of nitrogens with zero attached hydrogens (tertiary/aromatic N) is 4. The maximum atomic E-state index is 13.0. The highest BCUT2D eigenvalue weighted by Crippen LogP contribution is 2.30. The van der Waals surface area contributed by atoms with E-state index in [1.807, 2.05) is 24.4 Å². The van der Waals surface area contributed by atoms with Crippen molar-refractivity contribution in [2.75, 3.05) is 13.1 Å². The minimum atomic E-state index is -4.53. The van der Waals surface area contributed by atoms with E-state index in [9.17, 15) is 23.1 Å². The largest absolute Gasteiger partial charge is 0.417 e. The molecule has 0 unspecified atom stereocenters. The number of benzene rings is 1. The Hall–Kier alpha value is -3.63. The number of aliphatic hydroxyl groups is 1. The van der Waals surface area contributed by atoms with Crippen molar-refractivity contribution in [3.63, 3.8) is 0 Å². The number of carbonyl (C=O) groups excluding carboxylic acids is 1. The Morgan fingerprint density at radius 3 is 2.53 bits per heavy atom. The lowest BCUT2D eigenvalue weighted by molar-refractivity contribution is -0.137. The zero-order valence-electron chi connectivity index (χ0n) is 19.3. The van der Waals surface area contributed by atoms with Gasteiger partial charge in [0.2, 0.25) is 0 Å². The molecule has 0 atom stereocenters. The number of Topliss-reactive ketones (excluding diaryl/α,β-unsaturated/α-hetero) is 1. The summed E-state index contributed by atoms with van der Waals surface area (Å²) in [6, 6.07) is 8.55. The number of H-pyrrole nitrogens is 1. The number of rotatable bonds is 6. The molecule has 1 aromatic carbocycles. The zero-order chi connectivity index (χ0) is 25.3. The van der Waals surface area contributed by atoms with E-state index >= 15 is 0 Å². The van der Waals surface area contributed by atoms with Crippen LogP contribution in [0.5, 0.6) is 0 Å². The van der Waals surface area contributed by atoms with Crippen LogP contribution in [0.4, 0.5) is 13.2 Å². The lowest BCUT2D eigenvalue weighted by atomic mass is 10.0. The number of hydrogen-bond acceptors (Lipinski definition) is 6. The molecule has 1 aliphatic rings. The minimum Gasteiger partial charge on any atom is -0.393 e. The first-order valence-electron chi connectivity index (χ1n) is 11.6. The van der Waals surface area contributed by atoms with Gasteiger partial charge in [0.15, 0.2) is 5.78 Å². The van der Waals surface area contributed by atoms with Gasteiger partial charge in [0.25, 0.3) is 0 Å². The summed E-state index contributed by atoms with van der Waals surface area (Å²) >= 11 is 0. The Labute approximate surface area is 205 Å². The van der Waals surface area contributed by atoms with Crippen molar-refractivity contribution < 1.29 is 23.1 Å². The van der Waals surface area contributed by atoms with Crippen LogP contribution in [0.2, 0.25) is 0 Å². The Bertz CT molecular complexity index is 1390. The third kappa shape index (κ3) is 5.29. The number of aromatic nitrogens is 4. The number of aromatic amines is 1. The predicted molar refractivity (Wildman–Crippen MR) is 127 cm³/mol. The number of alkyl halides is 3. The average molecular weight is 496 g/mol. The molecular weight excluding hydrogens is 471 g/mol. The van der Waals surface area contributed by atoms with Crippen LogP contribution in [0, 0.1) is 0 Å². The molecule has 0 saturated carbocycles. The van der Waals surface area contributed by atoms with Gasteiger partial charge in [-0.1, -0.05) is 6.07 Å². The van der Waals surface area contributed by atoms with Crippen molar-refractivity contribution in [1.82, 2.24) is 25.1 Å². The van der Waals surface area contributed by atoms with Gasteiger partial charge in [0, 0.05) is 61.8 Å². The molecule has 3 aromatic heterocycles. The van der Waals surface area contributed by atoms with E-state index in [0.29, 0.717) is 10.9 Å². The third-order valence-electron chi connectivity index (χ3n) is 6.41. The number of nitrogens with one attached hydrogen (secondary N) is 1. The number of halogens is 3. The van der Waals surface area contributed by atoms with E-state index in [0.717, 1.165) is 61.4 Å². The van der Waals surface area contributed by atoms with Crippen molar-refractivity contribution in [2.45, 2.75) is 38.1 Å². The summed E-state index contributed by atoms with van der Waals surface area (Å²) in [6.45, 7) is 2.40. The van der Waals surface area contributed by atoms with E-state index < -0.39 is 17.5 Å². The van der Waals surface area contributed by atoms with E-state index in [-0.39, 0.29) is 23.8 Å². The SMILES string of the molecule is O=C(Cc1cncc(C(F)(F)F)c1)c1n[nH]c2ccc(-c3cncc(CN4CCC(O)CC4)c3)cc12. The summed E-state index contributed by atoms with van der Waals surface area (Å²) in [4.78, 5) is 23.3. The number of carbonyl (C=O) groups is 1. The fourth-order valence-electron chi connectivity index (χ4n) is 4.48. The quantitative estimate of drug-likeness (QED) is 0.385. The van der Waals surface area contributed by atoms with E-state index in [1.54, 1.807) is 6.20 Å². The molecule has 0 radical (unpaired) electrons. The van der Waals surface area contributed by atoms with E-state index in [1.165, 1.54) is 6.20 Å². The standard InChI is InChI=1S/C26H24F3N5O2/c27-26(28,29)20-8-16(11-31-14-20)9-24(36)25-22-10-18(1-2-23(22)32-33-25)19-7-17(12-30-13-19)15-34-5-3-21(35)4-6-34/h1-2,7-8,10-14,21,35H,3-6,9,15H2,(H,32,33). The van der Waals surface area contributed by atoms with Gasteiger partial charge < -0.3 is 5.11 Å². The molecule has 4 heterocycles. The highest BCUT2D eigenvalue weighted by Gasteiger charge is 2.31. The normalized spacial score (nSPS) is 15.4. The van der Waals surface area contributed by atoms with Crippen LogP contribution in [0.15, 0.2) is 55.1 Å². The van der Waals surface area contributed by atoms with Crippen molar-refractivity contribution in [3.8, 4) is 11.1 Å². The number of hydrogen-bond donors (Lipinski definition) is 2. The van der Waals surface area contributed by atoms with Crippen LogP contribution in [-0.2, 0) is 19.1 Å². The molecule has 0 amide bonds. The fraction of sp³-hybridized carbons (Fsp3) is 0.308. The minimum absolute atomic E-state index is 0.167. The highest BCUT2D eigenvalue weighted by molar-refractivity contribution is 6.07. The van der Waals surface area contributed by atoms with Gasteiger partial charge in [0.1, 0.15) is 5.69 Å². The summed E-state index contributed by atoms with van der Waals surface area (Å²) in [6.07, 6.45) is 2.09. The third-order valence-corrected chi connectivity index (χ3v) is 6.41. The molecule has 1 saturated heterocycles. The Morgan fingerprint density at radius 2 is 1.75 bits per heavy atom. The summed E-state index contributed by atoms with van der Waals surface area (Å²) in [7, 11) is 0. The van der Waals surface area contributed by atoms with E-state index in [4.69, 9.17) is 0 Å². The predicted octanol–water partition coefficient (Wildman–Crippen LogP) is 4.42. The van der Waals surface area contributed by atoms with Gasteiger partial charge in [-0.2, -0.15) is 18.3 Å². The zero-order valence-corrected chi connectivity index (χ0v) is 19.3. The fourth-order valence-corrected chi connectivity index (χ4v) is 4.48. The molecule has 0 spiro atoms. The lowest BCUT2D eigenvalue weighted by Gasteiger charge is -2.29. The van der Waals surface area contributed by atoms with Gasteiger partial charge in [-0.25, -0.2) is 0 Å². The highest BCUT2D eigenvalue weighted by atomic mass is 19.4. The van der Waals surface area contributed by atoms with Gasteiger partial charge >= 0.3 is 6.18 Å². The molecule has 0 bridgehead atoms. The maximum absolute atomic E-state index is 13.0. The maximum Gasteiger partial charge on any atom is 0.417 e. The molecular formula is C26H24F3N5O2. The van der Waals surface area contributed by atoms with Crippen LogP contribution < -0.4 is 0 Å². The molecule has 36 heavy (non-hydrogen) atoms. The average Bonchev–Trinajstić information content (AvgIpc) is 3.29. The number of likely N-dealkylation sites (tertiary alicyclic amines) is 1. The van der Waals surface area contributed by atoms with Gasteiger partial charge in [0.05, 0.1) is 17.2 Å². The molecule has 2 N–H and O–H groups in total. The second-order valence-corrected chi connectivity index (χ2v) is 9.10. The molecule has 1 aliphatic heterocycles. The second kappa shape index (κ2) is 9.79. The molecule has 4 aromatic rings. The summed E-state index contributed by atoms with van der Waals surface area (Å²) in [5, 5.41) is 17.3. The number of pyridine rings is 2. The number of ketones is 1. The summed E-state index contributed by atoms with van der Waals surface area (Å²) in [5.74, 6) is -0.404. The first kappa shape index (κ1) is 24.1. The molecule has 0 aliphatic carbocycles. The van der Waals surface area contributed by atoms with Crippen molar-refractivity contribution in [2.24, 2.45) is 0 Å². The van der Waals surface area contributed by atoms with Crippen LogP contribution in [0.25, 0.3) is 22.0 Å². The van der Waals surface area contributed by atoms with Gasteiger partial charge in [-0.15, -0.1) is 0 Å². The monoisotopic (exact) mass is 495 g/mol. The molecule has 186 valence electrons. The number of piperidine rings is 1. The Balaban J connectivity index is 1.37. The summed E-state index contributed by atoms with van der Waals surface area (Å²) in [5.41, 5.74) is 2.87. The number of fused-ring (bicyclic) bond motifs is 1. The first-order chi connectivity index (χ1) is 17.3. The molecule has 1 fully saturated rings. The van der Waals surface area contributed by atoms with Crippen LogP contribution >= 0.6 is 0 Å². The van der Waals surface area contributed by atoms with Gasteiger partial charge in [-0.05, 0) is 53.8 Å². The van der Waals surface area contributed by atoms with Crippen LogP contribution in [0.3, 0.4) is 0 Å². The lowest BCUT2D eigenvalue weighted by Crippen LogP contribution is -2.35. The molecule has 7 nitrogen and oxygen atoms in total. The summed E-state index contributed by atoms with van der Waals surface area (Å²) < 4.78 is 39.0. The van der Waals surface area contributed by atoms with Crippen molar-refractivity contribution in [3.05, 3.63) is 77.5 Å². The van der Waals surface area contributed by atoms with E-state index in [2.05, 4.69) is 31.1 Å². The Kier molecular flexibility index (Phi) is 6.55. The number of aliphatic hydroxyl groups excluding tert-OH is 1. The van der Waals surface area contributed by atoms with Crippen molar-refractivity contribution >= 4 is 16.7 Å². The molecule has 5 rings (SSSR count). The Morgan fingerprint density at radius 1 is 1.00 bits per heavy atom. The molecule has 10 heteroatoms. The van der Waals surface area contributed by atoms with Crippen LogP contribution in [0.1, 0.15) is 40.0 Å². The second-order valence-electron chi connectivity index (χ2n) is 9.10. The smallest absolute Gasteiger partial charge is 0.393 e. The van der Waals surface area contributed by atoms with Crippen LogP contribution in [-0.4, -0.2) is 55.1 Å². The topological polar surface area (TPSA) is 95.0 Å².